The zero-order valence-electron chi connectivity index (χ0n) is 19.7. The molecule has 0 spiro atoms. The van der Waals surface area contributed by atoms with E-state index < -0.39 is 10.0 Å². The smallest absolute Gasteiger partial charge is 0.262 e. The van der Waals surface area contributed by atoms with E-state index in [-0.39, 0.29) is 17.4 Å². The zero-order chi connectivity index (χ0) is 24.4. The van der Waals surface area contributed by atoms with Gasteiger partial charge in [0, 0.05) is 47.1 Å². The summed E-state index contributed by atoms with van der Waals surface area (Å²) in [6.45, 7) is 3.93. The van der Waals surface area contributed by atoms with Crippen molar-refractivity contribution < 1.29 is 17.9 Å². The Morgan fingerprint density at radius 3 is 2.37 bits per heavy atom. The molecule has 1 N–H and O–H groups in total. The van der Waals surface area contributed by atoms with Gasteiger partial charge in [0.05, 0.1) is 4.90 Å². The molecular weight excluding hydrogens is 462 g/mol. The summed E-state index contributed by atoms with van der Waals surface area (Å²) in [4.78, 5) is 12.8. The van der Waals surface area contributed by atoms with E-state index in [1.54, 1.807) is 12.1 Å². The number of aryl methyl sites for hydroxylation is 1. The van der Waals surface area contributed by atoms with Crippen molar-refractivity contribution >= 4 is 43.4 Å². The number of fused-ring (bicyclic) bond motifs is 3. The van der Waals surface area contributed by atoms with Gasteiger partial charge in [0.1, 0.15) is 5.75 Å². The number of para-hydroxylation sites is 1. The molecule has 2 heterocycles. The van der Waals surface area contributed by atoms with Crippen LogP contribution in [0.3, 0.4) is 0 Å². The highest BCUT2D eigenvalue weighted by atomic mass is 32.2. The third-order valence-corrected chi connectivity index (χ3v) is 8.43. The predicted octanol–water partition coefficient (Wildman–Crippen LogP) is 5.01. The molecule has 0 radical (unpaired) electrons. The molecule has 5 rings (SSSR count). The van der Waals surface area contributed by atoms with Crippen LogP contribution in [-0.2, 0) is 21.4 Å². The van der Waals surface area contributed by atoms with Crippen molar-refractivity contribution in [3.05, 3.63) is 66.7 Å². The second kappa shape index (κ2) is 9.71. The number of sulfonamides is 1. The Morgan fingerprint density at radius 2 is 1.63 bits per heavy atom. The van der Waals surface area contributed by atoms with Crippen LogP contribution in [0.25, 0.3) is 21.8 Å². The normalized spacial score (nSPS) is 14.9. The first-order valence-electron chi connectivity index (χ1n) is 12.0. The van der Waals surface area contributed by atoms with Crippen LogP contribution in [0.5, 0.6) is 5.75 Å². The Kier molecular flexibility index (Phi) is 6.49. The third-order valence-electron chi connectivity index (χ3n) is 6.52. The van der Waals surface area contributed by atoms with Gasteiger partial charge in [0.15, 0.2) is 6.61 Å². The lowest BCUT2D eigenvalue weighted by atomic mass is 10.1. The largest absolute Gasteiger partial charge is 0.484 e. The van der Waals surface area contributed by atoms with Gasteiger partial charge >= 0.3 is 0 Å². The van der Waals surface area contributed by atoms with Crippen molar-refractivity contribution in [1.29, 1.82) is 0 Å². The number of benzene rings is 3. The van der Waals surface area contributed by atoms with Crippen molar-refractivity contribution in [3.8, 4) is 5.75 Å². The first-order valence-corrected chi connectivity index (χ1v) is 13.5. The highest BCUT2D eigenvalue weighted by Crippen LogP contribution is 2.31. The number of rotatable bonds is 7. The average Bonchev–Trinajstić information content (AvgIpc) is 3.21. The number of anilines is 1. The molecule has 182 valence electrons. The standard InChI is InChI=1S/C27H29N3O4S/c1-2-30-25-9-5-4-8-23(25)24-18-20(10-15-26(24)30)28-27(31)19-34-21-11-13-22(14-12-21)35(32,33)29-16-6-3-7-17-29/h4-5,8-15,18H,2-3,6-7,16-17,19H2,1H3,(H,28,31). The number of aromatic nitrogens is 1. The molecule has 0 atom stereocenters. The molecule has 1 fully saturated rings. The zero-order valence-corrected chi connectivity index (χ0v) is 20.6. The van der Waals surface area contributed by atoms with Crippen LogP contribution >= 0.6 is 0 Å². The molecule has 1 aliphatic heterocycles. The molecule has 1 aliphatic rings. The van der Waals surface area contributed by atoms with Gasteiger partial charge in [-0.05, 0) is 68.3 Å². The molecule has 4 aromatic rings. The highest BCUT2D eigenvalue weighted by Gasteiger charge is 2.25. The maximum Gasteiger partial charge on any atom is 0.262 e. The minimum absolute atomic E-state index is 0.174. The fourth-order valence-electron chi connectivity index (χ4n) is 4.78. The second-order valence-electron chi connectivity index (χ2n) is 8.77. The first kappa shape index (κ1) is 23.4. The number of hydrogen-bond acceptors (Lipinski definition) is 4. The Morgan fingerprint density at radius 1 is 0.914 bits per heavy atom. The number of nitrogens with one attached hydrogen (secondary N) is 1. The first-order chi connectivity index (χ1) is 17.0. The molecule has 0 bridgehead atoms. The van der Waals surface area contributed by atoms with Gasteiger partial charge < -0.3 is 14.6 Å². The predicted molar refractivity (Wildman–Crippen MR) is 138 cm³/mol. The van der Waals surface area contributed by atoms with E-state index >= 15 is 0 Å². The number of ether oxygens (including phenoxy) is 1. The summed E-state index contributed by atoms with van der Waals surface area (Å²) in [6, 6.07) is 20.4. The van der Waals surface area contributed by atoms with Gasteiger partial charge in [-0.1, -0.05) is 24.6 Å². The van der Waals surface area contributed by atoms with E-state index in [0.717, 1.165) is 42.1 Å². The second-order valence-corrected chi connectivity index (χ2v) is 10.7. The topological polar surface area (TPSA) is 80.6 Å². The van der Waals surface area contributed by atoms with E-state index in [2.05, 4.69) is 28.9 Å². The van der Waals surface area contributed by atoms with E-state index in [4.69, 9.17) is 4.74 Å². The van der Waals surface area contributed by atoms with Gasteiger partial charge in [-0.3, -0.25) is 4.79 Å². The summed E-state index contributed by atoms with van der Waals surface area (Å²) < 4.78 is 35.0. The number of piperidine rings is 1. The summed E-state index contributed by atoms with van der Waals surface area (Å²) >= 11 is 0. The van der Waals surface area contributed by atoms with Gasteiger partial charge in [-0.25, -0.2) is 8.42 Å². The van der Waals surface area contributed by atoms with E-state index in [0.29, 0.717) is 24.5 Å². The molecule has 0 aliphatic carbocycles. The molecule has 1 aromatic heterocycles. The highest BCUT2D eigenvalue weighted by molar-refractivity contribution is 7.89. The number of carbonyl (C=O) groups excluding carboxylic acids is 1. The van der Waals surface area contributed by atoms with Gasteiger partial charge in [0.25, 0.3) is 5.91 Å². The van der Waals surface area contributed by atoms with Crippen LogP contribution in [0.1, 0.15) is 26.2 Å². The van der Waals surface area contributed by atoms with Crippen LogP contribution in [0.2, 0.25) is 0 Å². The van der Waals surface area contributed by atoms with Gasteiger partial charge in [0.2, 0.25) is 10.0 Å². The monoisotopic (exact) mass is 491 g/mol. The maximum atomic E-state index is 12.8. The van der Waals surface area contributed by atoms with Crippen LogP contribution in [0.4, 0.5) is 5.69 Å². The van der Waals surface area contributed by atoms with Gasteiger partial charge in [-0.15, -0.1) is 0 Å². The molecule has 35 heavy (non-hydrogen) atoms. The number of carbonyl (C=O) groups is 1. The lowest BCUT2D eigenvalue weighted by Crippen LogP contribution is -2.35. The summed E-state index contributed by atoms with van der Waals surface area (Å²) in [5.41, 5.74) is 3.00. The molecule has 3 aromatic carbocycles. The molecule has 1 saturated heterocycles. The molecule has 0 saturated carbocycles. The van der Waals surface area contributed by atoms with Crippen LogP contribution in [0, 0.1) is 0 Å². The minimum Gasteiger partial charge on any atom is -0.484 e. The lowest BCUT2D eigenvalue weighted by Gasteiger charge is -2.25. The summed E-state index contributed by atoms with van der Waals surface area (Å²) in [6.07, 6.45) is 2.85. The SMILES string of the molecule is CCn1c2ccccc2c2cc(NC(=O)COc3ccc(S(=O)(=O)N4CCCCC4)cc3)ccc21. The van der Waals surface area contributed by atoms with E-state index in [9.17, 15) is 13.2 Å². The summed E-state index contributed by atoms with van der Waals surface area (Å²) in [7, 11) is -3.49. The quantitative estimate of drug-likeness (QED) is 0.394. The van der Waals surface area contributed by atoms with Gasteiger partial charge in [-0.2, -0.15) is 4.31 Å². The van der Waals surface area contributed by atoms with Crippen molar-refractivity contribution in [2.24, 2.45) is 0 Å². The average molecular weight is 492 g/mol. The van der Waals surface area contributed by atoms with Crippen LogP contribution in [-0.4, -0.2) is 42.9 Å². The maximum absolute atomic E-state index is 12.8. The van der Waals surface area contributed by atoms with Crippen molar-refractivity contribution in [1.82, 2.24) is 8.87 Å². The molecule has 1 amide bonds. The fourth-order valence-corrected chi connectivity index (χ4v) is 6.30. The van der Waals surface area contributed by atoms with E-state index in [1.807, 2.05) is 30.3 Å². The number of nitrogens with zero attached hydrogens (tertiary/aromatic N) is 2. The van der Waals surface area contributed by atoms with Crippen LogP contribution in [0.15, 0.2) is 71.6 Å². The molecule has 8 heteroatoms. The van der Waals surface area contributed by atoms with Crippen molar-refractivity contribution in [2.75, 3.05) is 25.0 Å². The fraction of sp³-hybridized carbons (Fsp3) is 0.296. The Labute approximate surface area is 205 Å². The number of amides is 1. The number of hydrogen-bond donors (Lipinski definition) is 1. The summed E-state index contributed by atoms with van der Waals surface area (Å²) in [5, 5.41) is 5.14. The van der Waals surface area contributed by atoms with Crippen molar-refractivity contribution in [3.63, 3.8) is 0 Å². The summed E-state index contributed by atoms with van der Waals surface area (Å²) in [5.74, 6) is 0.160. The van der Waals surface area contributed by atoms with E-state index in [1.165, 1.54) is 22.0 Å². The third kappa shape index (κ3) is 4.63. The van der Waals surface area contributed by atoms with Crippen LogP contribution < -0.4 is 10.1 Å². The molecule has 7 nitrogen and oxygen atoms in total. The Balaban J connectivity index is 1.24. The molecular formula is C27H29N3O4S. The van der Waals surface area contributed by atoms with Crippen molar-refractivity contribution in [2.45, 2.75) is 37.6 Å². The molecule has 0 unspecified atom stereocenters. The lowest BCUT2D eigenvalue weighted by molar-refractivity contribution is -0.118. The Hall–Kier alpha value is -3.36. The Bertz CT molecular complexity index is 1470. The minimum atomic E-state index is -3.49.